The lowest BCUT2D eigenvalue weighted by Gasteiger charge is -2.26. The minimum atomic E-state index is -1.09. The van der Waals surface area contributed by atoms with Crippen molar-refractivity contribution in [1.29, 1.82) is 0 Å². The van der Waals surface area contributed by atoms with E-state index in [-0.39, 0.29) is 5.91 Å². The predicted molar refractivity (Wildman–Crippen MR) is 78.1 cm³/mol. The quantitative estimate of drug-likeness (QED) is 0.897. The second kappa shape index (κ2) is 4.37. The number of carbonyl (C=O) groups is 1. The second-order valence-corrected chi connectivity index (χ2v) is 6.52. The van der Waals surface area contributed by atoms with Gasteiger partial charge in [-0.25, -0.2) is 0 Å². The highest BCUT2D eigenvalue weighted by Crippen LogP contribution is 2.44. The molecule has 2 fully saturated rings. The molecular weight excluding hydrogens is 276 g/mol. The van der Waals surface area contributed by atoms with Crippen LogP contribution in [-0.2, 0) is 4.79 Å². The number of anilines is 2. The number of nitrogens with one attached hydrogen (secondary N) is 1. The Morgan fingerprint density at radius 2 is 2.05 bits per heavy atom. The van der Waals surface area contributed by atoms with Crippen LogP contribution in [0, 0.1) is 5.92 Å². The molecule has 1 aromatic rings. The van der Waals surface area contributed by atoms with Crippen molar-refractivity contribution in [2.45, 2.75) is 37.8 Å². The van der Waals surface area contributed by atoms with Gasteiger partial charge in [0.2, 0.25) is 0 Å². The van der Waals surface area contributed by atoms with E-state index in [1.165, 1.54) is 25.7 Å². The van der Waals surface area contributed by atoms with Crippen molar-refractivity contribution >= 4 is 28.9 Å². The Morgan fingerprint density at radius 3 is 2.70 bits per heavy atom. The van der Waals surface area contributed by atoms with Crippen LogP contribution >= 0.6 is 11.6 Å². The van der Waals surface area contributed by atoms with Gasteiger partial charge in [-0.2, -0.15) is 0 Å². The molecule has 1 unspecified atom stereocenters. The van der Waals surface area contributed by atoms with Crippen LogP contribution in [0.3, 0.4) is 0 Å². The Morgan fingerprint density at radius 1 is 1.30 bits per heavy atom. The number of amides is 1. The molecule has 0 spiro atoms. The van der Waals surface area contributed by atoms with Gasteiger partial charge in [0, 0.05) is 23.8 Å². The third-order valence-electron chi connectivity index (χ3n) is 4.37. The Kier molecular flexibility index (Phi) is 2.72. The normalized spacial score (nSPS) is 24.5. The average molecular weight is 293 g/mol. The Labute approximate surface area is 122 Å². The number of carbonyl (C=O) groups excluding carboxylic acids is 1. The number of rotatable bonds is 4. The first-order chi connectivity index (χ1) is 9.63. The number of aliphatic hydroxyl groups excluding tert-OH is 1. The maximum atomic E-state index is 11.5. The molecule has 2 saturated carbocycles. The summed E-state index contributed by atoms with van der Waals surface area (Å²) in [5.41, 5.74) is 2.28. The maximum absolute atomic E-state index is 11.5. The van der Waals surface area contributed by atoms with Crippen molar-refractivity contribution in [3.8, 4) is 0 Å². The standard InChI is InChI=1S/C15H17ClN2O2/c16-11-5-10-12(17-15(20)14(10)19)6-13(11)18(9-3-4-9)7-8-1-2-8/h5-6,8-9,14,19H,1-4,7H2,(H,17,20). The SMILES string of the molecule is O=C1Nc2cc(N(CC3CC3)C3CC3)c(Cl)cc2C1O. The van der Waals surface area contributed by atoms with Crippen LogP contribution in [0.2, 0.25) is 5.02 Å². The lowest BCUT2D eigenvalue weighted by atomic mass is 10.1. The fourth-order valence-electron chi connectivity index (χ4n) is 2.88. The molecule has 5 heteroatoms. The summed E-state index contributed by atoms with van der Waals surface area (Å²) in [5.74, 6) is 0.425. The van der Waals surface area contributed by atoms with Crippen LogP contribution < -0.4 is 10.2 Å². The van der Waals surface area contributed by atoms with Crippen LogP contribution in [0.4, 0.5) is 11.4 Å². The molecule has 106 valence electrons. The molecule has 3 aliphatic rings. The van der Waals surface area contributed by atoms with Crippen molar-refractivity contribution in [2.75, 3.05) is 16.8 Å². The van der Waals surface area contributed by atoms with Gasteiger partial charge >= 0.3 is 0 Å². The highest BCUT2D eigenvalue weighted by Gasteiger charge is 2.36. The summed E-state index contributed by atoms with van der Waals surface area (Å²) in [6.07, 6.45) is 3.96. The number of nitrogens with zero attached hydrogens (tertiary/aromatic N) is 1. The van der Waals surface area contributed by atoms with E-state index < -0.39 is 6.10 Å². The molecule has 1 heterocycles. The van der Waals surface area contributed by atoms with Gasteiger partial charge in [-0.3, -0.25) is 4.79 Å². The zero-order valence-corrected chi connectivity index (χ0v) is 11.9. The molecule has 20 heavy (non-hydrogen) atoms. The maximum Gasteiger partial charge on any atom is 0.257 e. The van der Waals surface area contributed by atoms with E-state index in [0.717, 1.165) is 18.2 Å². The van der Waals surface area contributed by atoms with E-state index in [1.807, 2.05) is 6.07 Å². The number of aliphatic hydroxyl groups is 1. The zero-order valence-electron chi connectivity index (χ0n) is 11.1. The van der Waals surface area contributed by atoms with Crippen molar-refractivity contribution < 1.29 is 9.90 Å². The first-order valence-electron chi connectivity index (χ1n) is 7.22. The largest absolute Gasteiger partial charge is 0.378 e. The number of benzene rings is 1. The summed E-state index contributed by atoms with van der Waals surface area (Å²) in [6, 6.07) is 4.25. The Bertz CT molecular complexity index is 581. The van der Waals surface area contributed by atoms with Crippen LogP contribution in [0.5, 0.6) is 0 Å². The number of halogens is 1. The van der Waals surface area contributed by atoms with Crippen molar-refractivity contribution in [3.05, 3.63) is 22.7 Å². The van der Waals surface area contributed by atoms with Crippen molar-refractivity contribution in [2.24, 2.45) is 5.92 Å². The molecule has 1 aliphatic heterocycles. The lowest BCUT2D eigenvalue weighted by Crippen LogP contribution is -2.28. The highest BCUT2D eigenvalue weighted by molar-refractivity contribution is 6.33. The van der Waals surface area contributed by atoms with Crippen LogP contribution in [0.15, 0.2) is 12.1 Å². The molecule has 2 N–H and O–H groups in total. The Hall–Kier alpha value is -1.26. The average Bonchev–Trinajstić information content (AvgIpc) is 3.30. The van der Waals surface area contributed by atoms with Gasteiger partial charge in [0.05, 0.1) is 10.7 Å². The smallest absolute Gasteiger partial charge is 0.257 e. The molecule has 0 aromatic heterocycles. The summed E-state index contributed by atoms with van der Waals surface area (Å²) in [4.78, 5) is 13.9. The van der Waals surface area contributed by atoms with E-state index in [1.54, 1.807) is 6.07 Å². The summed E-state index contributed by atoms with van der Waals surface area (Å²) >= 11 is 6.40. The third-order valence-corrected chi connectivity index (χ3v) is 4.67. The molecule has 0 radical (unpaired) electrons. The molecule has 0 saturated heterocycles. The van der Waals surface area contributed by atoms with Gasteiger partial charge in [0.25, 0.3) is 5.91 Å². The summed E-state index contributed by atoms with van der Waals surface area (Å²) in [7, 11) is 0. The van der Waals surface area contributed by atoms with Crippen LogP contribution in [0.25, 0.3) is 0 Å². The second-order valence-electron chi connectivity index (χ2n) is 6.11. The van der Waals surface area contributed by atoms with E-state index in [9.17, 15) is 9.90 Å². The lowest BCUT2D eigenvalue weighted by molar-refractivity contribution is -0.123. The summed E-state index contributed by atoms with van der Waals surface area (Å²) < 4.78 is 0. The van der Waals surface area contributed by atoms with E-state index in [2.05, 4.69) is 10.2 Å². The number of hydrogen-bond acceptors (Lipinski definition) is 3. The van der Waals surface area contributed by atoms with Crippen molar-refractivity contribution in [3.63, 3.8) is 0 Å². The number of hydrogen-bond donors (Lipinski definition) is 2. The Balaban J connectivity index is 1.70. The molecule has 1 aromatic carbocycles. The van der Waals surface area contributed by atoms with Crippen LogP contribution in [0.1, 0.15) is 37.4 Å². The molecule has 0 bridgehead atoms. The summed E-state index contributed by atoms with van der Waals surface area (Å²) in [5, 5.41) is 13.2. The number of fused-ring (bicyclic) bond motifs is 1. The van der Waals surface area contributed by atoms with Gasteiger partial charge in [0.15, 0.2) is 6.10 Å². The minimum Gasteiger partial charge on any atom is -0.378 e. The fraction of sp³-hybridized carbons (Fsp3) is 0.533. The first-order valence-corrected chi connectivity index (χ1v) is 7.60. The molecule has 4 nitrogen and oxygen atoms in total. The zero-order chi connectivity index (χ0) is 13.9. The predicted octanol–water partition coefficient (Wildman–Crippen LogP) is 2.70. The first kappa shape index (κ1) is 12.5. The van der Waals surface area contributed by atoms with Gasteiger partial charge in [-0.1, -0.05) is 11.6 Å². The van der Waals surface area contributed by atoms with E-state index in [0.29, 0.717) is 22.3 Å². The molecule has 2 aliphatic carbocycles. The third kappa shape index (κ3) is 2.07. The van der Waals surface area contributed by atoms with Gasteiger partial charge in [-0.15, -0.1) is 0 Å². The highest BCUT2D eigenvalue weighted by atomic mass is 35.5. The van der Waals surface area contributed by atoms with Gasteiger partial charge < -0.3 is 15.3 Å². The minimum absolute atomic E-state index is 0.367. The van der Waals surface area contributed by atoms with Gasteiger partial charge in [-0.05, 0) is 43.7 Å². The van der Waals surface area contributed by atoms with Crippen molar-refractivity contribution in [1.82, 2.24) is 0 Å². The monoisotopic (exact) mass is 292 g/mol. The fourth-order valence-corrected chi connectivity index (χ4v) is 3.16. The van der Waals surface area contributed by atoms with Crippen LogP contribution in [-0.4, -0.2) is 23.6 Å². The molecular formula is C15H17ClN2O2. The molecule has 1 amide bonds. The topological polar surface area (TPSA) is 52.6 Å². The molecule has 4 rings (SSSR count). The van der Waals surface area contributed by atoms with E-state index >= 15 is 0 Å². The molecule has 1 atom stereocenters. The summed E-state index contributed by atoms with van der Waals surface area (Å²) in [6.45, 7) is 1.06. The van der Waals surface area contributed by atoms with E-state index in [4.69, 9.17) is 11.6 Å². The van der Waals surface area contributed by atoms with Gasteiger partial charge in [0.1, 0.15) is 0 Å².